The van der Waals surface area contributed by atoms with Crippen molar-refractivity contribution in [3.63, 3.8) is 0 Å². The van der Waals surface area contributed by atoms with Crippen LogP contribution < -0.4 is 20.7 Å². The zero-order valence-electron chi connectivity index (χ0n) is 29.8. The van der Waals surface area contributed by atoms with Crippen LogP contribution in [-0.2, 0) is 51.8 Å². The van der Waals surface area contributed by atoms with Crippen LogP contribution in [0.5, 0.6) is 0 Å². The van der Waals surface area contributed by atoms with E-state index in [4.69, 9.17) is 9.47 Å². The van der Waals surface area contributed by atoms with Gasteiger partial charge < -0.3 is 30.3 Å². The van der Waals surface area contributed by atoms with Gasteiger partial charge in [-0.1, -0.05) is 24.8 Å². The summed E-state index contributed by atoms with van der Waals surface area (Å²) in [5.41, 5.74) is -1.65. The highest BCUT2D eigenvalue weighted by molar-refractivity contribution is 7.91. The molecule has 0 bridgehead atoms. The third-order valence-electron chi connectivity index (χ3n) is 9.46. The molecule has 0 aromatic heterocycles. The third kappa shape index (κ3) is 9.15. The van der Waals surface area contributed by atoms with Crippen molar-refractivity contribution in [2.75, 3.05) is 13.1 Å². The first-order valence-electron chi connectivity index (χ1n) is 17.3. The van der Waals surface area contributed by atoms with Gasteiger partial charge in [-0.05, 0) is 64.2 Å². The Morgan fingerprint density at radius 3 is 2.43 bits per heavy atom. The standard InChI is InChI=1S/C35H45FN6O10S/c1-6-21-16-35(21,31(46)40-53(49,50)23-11-12-23)39-29(44)27-15-22(51-33(48)41-17-20-9-8-10-25(36)24(20)19-41)18-42(27)30(45)26(13-14-37-28(43)7-2)38-32(47)52-34(3,4)5/h6-10,21-23,26-27H,1-2,11-19H2,3-5H3,(H,37,43)(H,38,47)(H,39,44)(H,40,46). The van der Waals surface area contributed by atoms with Gasteiger partial charge in [-0.25, -0.2) is 22.4 Å². The number of hydrogen-bond donors (Lipinski definition) is 4. The van der Waals surface area contributed by atoms with Crippen molar-refractivity contribution in [3.05, 3.63) is 60.5 Å². The van der Waals surface area contributed by atoms with E-state index in [9.17, 15) is 41.6 Å². The SMILES string of the molecule is C=CC(=O)NCCC(NC(=O)OC(C)(C)C)C(=O)N1CC(OC(=O)N2Cc3cccc(F)c3C2)CC1C(=O)NC1(C(=O)NS(=O)(=O)C2CC2)CC1C=C. The molecule has 4 aliphatic rings. The van der Waals surface area contributed by atoms with Crippen LogP contribution >= 0.6 is 0 Å². The minimum absolute atomic E-state index is 0.0469. The van der Waals surface area contributed by atoms with Crippen molar-refractivity contribution in [2.24, 2.45) is 5.92 Å². The molecule has 2 heterocycles. The number of carbonyl (C=O) groups is 6. The highest BCUT2D eigenvalue weighted by Gasteiger charge is 2.62. The smallest absolute Gasteiger partial charge is 0.410 e. The van der Waals surface area contributed by atoms with E-state index in [1.54, 1.807) is 26.8 Å². The zero-order chi connectivity index (χ0) is 38.9. The first-order chi connectivity index (χ1) is 24.9. The molecule has 18 heteroatoms. The number of ether oxygens (including phenoxy) is 2. The number of nitrogens with one attached hydrogen (secondary N) is 4. The molecule has 2 saturated carbocycles. The van der Waals surface area contributed by atoms with Crippen LogP contribution in [-0.4, -0.2) is 102 Å². The van der Waals surface area contributed by atoms with Crippen LogP contribution in [0.15, 0.2) is 43.5 Å². The Balaban J connectivity index is 1.38. The number of carbonyl (C=O) groups excluding carboxylic acids is 6. The van der Waals surface area contributed by atoms with E-state index in [0.717, 1.165) is 11.0 Å². The lowest BCUT2D eigenvalue weighted by Crippen LogP contribution is -2.58. The fourth-order valence-corrected chi connectivity index (χ4v) is 7.80. The maximum Gasteiger partial charge on any atom is 0.410 e. The molecule has 0 spiro atoms. The number of sulfonamides is 1. The predicted molar refractivity (Wildman–Crippen MR) is 186 cm³/mol. The number of alkyl carbamates (subject to hydrolysis) is 1. The lowest BCUT2D eigenvalue weighted by Gasteiger charge is -2.30. The lowest BCUT2D eigenvalue weighted by atomic mass is 10.1. The Bertz CT molecular complexity index is 1810. The third-order valence-corrected chi connectivity index (χ3v) is 11.3. The van der Waals surface area contributed by atoms with Gasteiger partial charge in [0, 0.05) is 31.0 Å². The summed E-state index contributed by atoms with van der Waals surface area (Å²) in [7, 11) is -3.97. The van der Waals surface area contributed by atoms with Crippen LogP contribution in [0.4, 0.5) is 14.0 Å². The molecule has 5 unspecified atom stereocenters. The fourth-order valence-electron chi connectivity index (χ4n) is 6.44. The van der Waals surface area contributed by atoms with E-state index in [-0.39, 0.29) is 45.4 Å². The predicted octanol–water partition coefficient (Wildman–Crippen LogP) is 1.50. The van der Waals surface area contributed by atoms with Crippen LogP contribution in [0.1, 0.15) is 64.0 Å². The van der Waals surface area contributed by atoms with Crippen LogP contribution in [0, 0.1) is 11.7 Å². The summed E-state index contributed by atoms with van der Waals surface area (Å²) in [6.45, 7) is 11.6. The topological polar surface area (TPSA) is 210 Å². The quantitative estimate of drug-likeness (QED) is 0.168. The Morgan fingerprint density at radius 2 is 1.83 bits per heavy atom. The van der Waals surface area contributed by atoms with Gasteiger partial charge in [0.25, 0.3) is 5.91 Å². The summed E-state index contributed by atoms with van der Waals surface area (Å²) < 4.78 is 52.8. The van der Waals surface area contributed by atoms with Crippen LogP contribution in [0.25, 0.3) is 0 Å². The number of benzene rings is 1. The van der Waals surface area contributed by atoms with Crippen LogP contribution in [0.3, 0.4) is 0 Å². The van der Waals surface area contributed by atoms with Crippen molar-refractivity contribution in [3.8, 4) is 0 Å². The van der Waals surface area contributed by atoms with Gasteiger partial charge in [0.15, 0.2) is 0 Å². The summed E-state index contributed by atoms with van der Waals surface area (Å²) in [5, 5.41) is 6.97. The minimum Gasteiger partial charge on any atom is -0.444 e. The molecule has 2 aliphatic heterocycles. The van der Waals surface area contributed by atoms with Gasteiger partial charge in [-0.3, -0.25) is 28.8 Å². The molecule has 5 rings (SSSR count). The summed E-state index contributed by atoms with van der Waals surface area (Å²) in [6, 6.07) is 1.79. The molecule has 53 heavy (non-hydrogen) atoms. The Kier molecular flexibility index (Phi) is 11.2. The summed E-state index contributed by atoms with van der Waals surface area (Å²) in [4.78, 5) is 82.1. The van der Waals surface area contributed by atoms with E-state index >= 15 is 0 Å². The molecule has 5 atom stereocenters. The number of amides is 6. The van der Waals surface area contributed by atoms with E-state index in [1.807, 2.05) is 0 Å². The number of rotatable bonds is 13. The number of hydrogen-bond acceptors (Lipinski definition) is 10. The normalized spacial score (nSPS) is 23.9. The van der Waals surface area contributed by atoms with Crippen LogP contribution in [0.2, 0.25) is 0 Å². The van der Waals surface area contributed by atoms with Crippen molar-refractivity contribution in [2.45, 2.75) is 101 Å². The Morgan fingerprint density at radius 1 is 1.11 bits per heavy atom. The molecule has 1 aromatic rings. The maximum absolute atomic E-state index is 14.4. The van der Waals surface area contributed by atoms with Gasteiger partial charge in [0.05, 0.1) is 18.3 Å². The summed E-state index contributed by atoms with van der Waals surface area (Å²) >= 11 is 0. The van der Waals surface area contributed by atoms with Gasteiger partial charge in [-0.15, -0.1) is 6.58 Å². The molecular weight excluding hydrogens is 715 g/mol. The van der Waals surface area contributed by atoms with Gasteiger partial charge in [0.1, 0.15) is 35.1 Å². The number of nitrogens with zero attached hydrogens (tertiary/aromatic N) is 2. The monoisotopic (exact) mass is 760 g/mol. The highest BCUT2D eigenvalue weighted by atomic mass is 32.2. The van der Waals surface area contributed by atoms with Crippen molar-refractivity contribution in [1.82, 2.24) is 30.5 Å². The maximum atomic E-state index is 14.4. The number of halogens is 1. The number of fused-ring (bicyclic) bond motifs is 1. The number of likely N-dealkylation sites (tertiary alicyclic amines) is 1. The van der Waals surface area contributed by atoms with Gasteiger partial charge in [-0.2, -0.15) is 0 Å². The molecular formula is C35H45FN6O10S. The molecule has 6 amide bonds. The van der Waals surface area contributed by atoms with Crippen molar-refractivity contribution in [1.29, 1.82) is 0 Å². The summed E-state index contributed by atoms with van der Waals surface area (Å²) in [5.74, 6) is -4.19. The van der Waals surface area contributed by atoms with Gasteiger partial charge >= 0.3 is 12.2 Å². The molecule has 3 fully saturated rings. The molecule has 288 valence electrons. The molecule has 4 N–H and O–H groups in total. The molecule has 1 saturated heterocycles. The lowest BCUT2D eigenvalue weighted by molar-refractivity contribution is -0.141. The Labute approximate surface area is 306 Å². The summed E-state index contributed by atoms with van der Waals surface area (Å²) in [6.07, 6.45) is 0.0940. The second kappa shape index (κ2) is 15.2. The van der Waals surface area contributed by atoms with Crippen molar-refractivity contribution >= 4 is 45.8 Å². The Hall–Kier alpha value is -5.00. The minimum atomic E-state index is -3.97. The molecule has 16 nitrogen and oxygen atoms in total. The molecule has 2 aliphatic carbocycles. The molecule has 1 aromatic carbocycles. The fraction of sp³-hybridized carbons (Fsp3) is 0.543. The van der Waals surface area contributed by atoms with E-state index < -0.39 is 92.2 Å². The van der Waals surface area contributed by atoms with E-state index in [2.05, 4.69) is 33.8 Å². The second-order valence-corrected chi connectivity index (χ2v) is 16.6. The average molecular weight is 761 g/mol. The van der Waals surface area contributed by atoms with Gasteiger partial charge in [0.2, 0.25) is 27.7 Å². The highest BCUT2D eigenvalue weighted by Crippen LogP contribution is 2.45. The zero-order valence-corrected chi connectivity index (χ0v) is 30.6. The van der Waals surface area contributed by atoms with E-state index in [1.165, 1.54) is 23.1 Å². The molecule has 0 radical (unpaired) electrons. The second-order valence-electron chi connectivity index (χ2n) is 14.6. The van der Waals surface area contributed by atoms with Crippen molar-refractivity contribution < 1.29 is 51.0 Å². The largest absolute Gasteiger partial charge is 0.444 e. The first-order valence-corrected chi connectivity index (χ1v) is 18.8. The average Bonchev–Trinajstić information content (AvgIpc) is 3.97. The van der Waals surface area contributed by atoms with E-state index in [0.29, 0.717) is 24.0 Å². The first kappa shape index (κ1) is 39.2.